The van der Waals surface area contributed by atoms with E-state index in [4.69, 9.17) is 4.74 Å². The number of carbonyl (C=O) groups excluding carboxylic acids is 1. The molecule has 1 amide bonds. The lowest BCUT2D eigenvalue weighted by Crippen LogP contribution is -2.39. The molecule has 0 aliphatic heterocycles. The second-order valence-electron chi connectivity index (χ2n) is 4.38. The van der Waals surface area contributed by atoms with Gasteiger partial charge in [0.2, 0.25) is 0 Å². The monoisotopic (exact) mass is 346 g/mol. The summed E-state index contributed by atoms with van der Waals surface area (Å²) < 4.78 is 18.9. The Morgan fingerprint density at radius 3 is 2.80 bits per heavy atom. The van der Waals surface area contributed by atoms with Crippen molar-refractivity contribution in [1.29, 1.82) is 0 Å². The molecule has 2 N–H and O–H groups in total. The quantitative estimate of drug-likeness (QED) is 0.711. The van der Waals surface area contributed by atoms with Crippen molar-refractivity contribution in [2.75, 3.05) is 19.6 Å². The number of carbonyl (C=O) groups is 1. The fourth-order valence-electron chi connectivity index (χ4n) is 1.53. The molecular formula is C14H20BrFN2O2. The molecule has 0 bridgehead atoms. The van der Waals surface area contributed by atoms with Crippen LogP contribution < -0.4 is 15.4 Å². The lowest BCUT2D eigenvalue weighted by Gasteiger charge is -2.15. The SMILES string of the molecule is CCCNCCNC(=O)C(C)Oc1ccc(F)cc1Br. The smallest absolute Gasteiger partial charge is 0.260 e. The zero-order valence-electron chi connectivity index (χ0n) is 11.7. The van der Waals surface area contributed by atoms with Crippen LogP contribution in [0.3, 0.4) is 0 Å². The van der Waals surface area contributed by atoms with Gasteiger partial charge in [-0.15, -0.1) is 0 Å². The van der Waals surface area contributed by atoms with Gasteiger partial charge in [0, 0.05) is 13.1 Å². The Labute approximate surface area is 127 Å². The van der Waals surface area contributed by atoms with Crippen molar-refractivity contribution in [1.82, 2.24) is 10.6 Å². The van der Waals surface area contributed by atoms with Crippen LogP contribution in [0.2, 0.25) is 0 Å². The van der Waals surface area contributed by atoms with Gasteiger partial charge >= 0.3 is 0 Å². The standard InChI is InChI=1S/C14H20BrFN2O2/c1-3-6-17-7-8-18-14(19)10(2)20-13-5-4-11(16)9-12(13)15/h4-5,9-10,17H,3,6-8H2,1-2H3,(H,18,19). The molecule has 0 fully saturated rings. The van der Waals surface area contributed by atoms with Crippen LogP contribution in [0.15, 0.2) is 22.7 Å². The summed E-state index contributed by atoms with van der Waals surface area (Å²) >= 11 is 3.20. The molecule has 0 aliphatic rings. The van der Waals surface area contributed by atoms with Gasteiger partial charge in [-0.25, -0.2) is 4.39 Å². The van der Waals surface area contributed by atoms with E-state index < -0.39 is 6.10 Å². The van der Waals surface area contributed by atoms with Gasteiger partial charge in [-0.2, -0.15) is 0 Å². The molecule has 20 heavy (non-hydrogen) atoms. The molecule has 0 heterocycles. The summed E-state index contributed by atoms with van der Waals surface area (Å²) in [6.07, 6.45) is 0.425. The number of nitrogens with one attached hydrogen (secondary N) is 2. The van der Waals surface area contributed by atoms with Crippen LogP contribution in [0, 0.1) is 5.82 Å². The fourth-order valence-corrected chi connectivity index (χ4v) is 1.98. The molecule has 1 unspecified atom stereocenters. The van der Waals surface area contributed by atoms with Crippen LogP contribution in [-0.2, 0) is 4.79 Å². The molecule has 1 aromatic carbocycles. The molecule has 0 saturated heterocycles. The van der Waals surface area contributed by atoms with Crippen LogP contribution >= 0.6 is 15.9 Å². The van der Waals surface area contributed by atoms with Crippen molar-refractivity contribution >= 4 is 21.8 Å². The summed E-state index contributed by atoms with van der Waals surface area (Å²) in [6, 6.07) is 4.08. The molecule has 112 valence electrons. The summed E-state index contributed by atoms with van der Waals surface area (Å²) in [4.78, 5) is 11.8. The fraction of sp³-hybridized carbons (Fsp3) is 0.500. The average Bonchev–Trinajstić information content (AvgIpc) is 2.41. The molecule has 4 nitrogen and oxygen atoms in total. The van der Waals surface area contributed by atoms with Crippen LogP contribution in [0.1, 0.15) is 20.3 Å². The predicted octanol–water partition coefficient (Wildman–Crippen LogP) is 2.47. The Kier molecular flexibility index (Phi) is 7.54. The highest BCUT2D eigenvalue weighted by Gasteiger charge is 2.15. The van der Waals surface area contributed by atoms with E-state index in [1.807, 2.05) is 0 Å². The molecule has 1 aromatic rings. The van der Waals surface area contributed by atoms with Crippen molar-refractivity contribution in [2.45, 2.75) is 26.4 Å². The number of hydrogen-bond acceptors (Lipinski definition) is 3. The van der Waals surface area contributed by atoms with Crippen molar-refractivity contribution in [3.8, 4) is 5.75 Å². The summed E-state index contributed by atoms with van der Waals surface area (Å²) in [5, 5.41) is 5.97. The summed E-state index contributed by atoms with van der Waals surface area (Å²) in [7, 11) is 0. The van der Waals surface area contributed by atoms with Crippen molar-refractivity contribution < 1.29 is 13.9 Å². The van der Waals surface area contributed by atoms with Gasteiger partial charge in [-0.3, -0.25) is 4.79 Å². The zero-order valence-corrected chi connectivity index (χ0v) is 13.3. The van der Waals surface area contributed by atoms with Crippen LogP contribution in [0.4, 0.5) is 4.39 Å². The molecule has 0 radical (unpaired) electrons. The Balaban J connectivity index is 2.37. The third-order valence-electron chi connectivity index (χ3n) is 2.59. The molecule has 0 spiro atoms. The molecule has 1 atom stereocenters. The van der Waals surface area contributed by atoms with Gasteiger partial charge in [-0.1, -0.05) is 6.92 Å². The van der Waals surface area contributed by atoms with Gasteiger partial charge < -0.3 is 15.4 Å². The Bertz CT molecular complexity index is 443. The van der Waals surface area contributed by atoms with Crippen molar-refractivity contribution in [2.24, 2.45) is 0 Å². The second kappa shape index (κ2) is 8.92. The first kappa shape index (κ1) is 16.9. The van der Waals surface area contributed by atoms with Gasteiger partial charge in [0.25, 0.3) is 5.91 Å². The van der Waals surface area contributed by atoms with E-state index in [0.29, 0.717) is 16.8 Å². The zero-order chi connectivity index (χ0) is 15.0. The molecule has 0 aromatic heterocycles. The predicted molar refractivity (Wildman–Crippen MR) is 80.4 cm³/mol. The van der Waals surface area contributed by atoms with Crippen molar-refractivity contribution in [3.05, 3.63) is 28.5 Å². The van der Waals surface area contributed by atoms with Gasteiger partial charge in [-0.05, 0) is 54.0 Å². The number of amides is 1. The molecule has 6 heteroatoms. The maximum absolute atomic E-state index is 12.9. The summed E-state index contributed by atoms with van der Waals surface area (Å²) in [5.41, 5.74) is 0. The summed E-state index contributed by atoms with van der Waals surface area (Å²) in [6.45, 7) is 5.96. The van der Waals surface area contributed by atoms with Crippen LogP contribution in [0.5, 0.6) is 5.75 Å². The largest absolute Gasteiger partial charge is 0.480 e. The lowest BCUT2D eigenvalue weighted by atomic mass is 10.3. The molecule has 0 saturated carbocycles. The van der Waals surface area contributed by atoms with Crippen molar-refractivity contribution in [3.63, 3.8) is 0 Å². The minimum absolute atomic E-state index is 0.195. The summed E-state index contributed by atoms with van der Waals surface area (Å²) in [5.74, 6) is -0.110. The first-order chi connectivity index (χ1) is 9.54. The lowest BCUT2D eigenvalue weighted by molar-refractivity contribution is -0.127. The van der Waals surface area contributed by atoms with Crippen LogP contribution in [0.25, 0.3) is 0 Å². The first-order valence-corrected chi connectivity index (χ1v) is 7.44. The molecule has 0 aliphatic carbocycles. The highest BCUT2D eigenvalue weighted by Crippen LogP contribution is 2.26. The highest BCUT2D eigenvalue weighted by atomic mass is 79.9. The van der Waals surface area contributed by atoms with E-state index in [-0.39, 0.29) is 11.7 Å². The van der Waals surface area contributed by atoms with Gasteiger partial charge in [0.1, 0.15) is 11.6 Å². The highest BCUT2D eigenvalue weighted by molar-refractivity contribution is 9.10. The minimum Gasteiger partial charge on any atom is -0.480 e. The normalized spacial score (nSPS) is 12.0. The van der Waals surface area contributed by atoms with Crippen LogP contribution in [-0.4, -0.2) is 31.6 Å². The van der Waals surface area contributed by atoms with E-state index in [1.165, 1.54) is 18.2 Å². The van der Waals surface area contributed by atoms with E-state index in [1.54, 1.807) is 6.92 Å². The Morgan fingerprint density at radius 2 is 2.15 bits per heavy atom. The van der Waals surface area contributed by atoms with E-state index >= 15 is 0 Å². The topological polar surface area (TPSA) is 50.4 Å². The number of ether oxygens (including phenoxy) is 1. The Hall–Kier alpha value is -1.14. The first-order valence-electron chi connectivity index (χ1n) is 6.64. The second-order valence-corrected chi connectivity index (χ2v) is 5.23. The molecule has 1 rings (SSSR count). The van der Waals surface area contributed by atoms with E-state index in [2.05, 4.69) is 33.5 Å². The Morgan fingerprint density at radius 1 is 1.40 bits per heavy atom. The van der Waals surface area contributed by atoms with E-state index in [0.717, 1.165) is 19.5 Å². The van der Waals surface area contributed by atoms with E-state index in [9.17, 15) is 9.18 Å². The van der Waals surface area contributed by atoms with Gasteiger partial charge in [0.15, 0.2) is 6.10 Å². The third-order valence-corrected chi connectivity index (χ3v) is 3.21. The third kappa shape index (κ3) is 5.88. The molecular weight excluding hydrogens is 327 g/mol. The number of benzene rings is 1. The maximum Gasteiger partial charge on any atom is 0.260 e. The number of halogens is 2. The maximum atomic E-state index is 12.9. The minimum atomic E-state index is -0.636. The number of hydrogen-bond donors (Lipinski definition) is 2. The van der Waals surface area contributed by atoms with Gasteiger partial charge in [0.05, 0.1) is 4.47 Å². The average molecular weight is 347 g/mol. The number of rotatable bonds is 8.